The molecule has 11 nitrogen and oxygen atoms in total. The van der Waals surface area contributed by atoms with Crippen LogP contribution in [0.25, 0.3) is 11.4 Å². The number of nitrogens with one attached hydrogen (secondary N) is 1. The number of benzene rings is 1. The maximum atomic E-state index is 12.7. The Morgan fingerprint density at radius 1 is 1.12 bits per heavy atom. The van der Waals surface area contributed by atoms with Gasteiger partial charge in [0.1, 0.15) is 18.1 Å². The fraction of sp³-hybridized carbons (Fsp3) is 0.364. The summed E-state index contributed by atoms with van der Waals surface area (Å²) in [6, 6.07) is 7.06. The van der Waals surface area contributed by atoms with Gasteiger partial charge in [0.15, 0.2) is 5.82 Å². The van der Waals surface area contributed by atoms with Crippen LogP contribution in [0.4, 0.5) is 0 Å². The van der Waals surface area contributed by atoms with Crippen LogP contribution in [0.15, 0.2) is 36.7 Å². The lowest BCUT2D eigenvalue weighted by Gasteiger charge is -2.16. The molecule has 0 aliphatic carbocycles. The van der Waals surface area contributed by atoms with Crippen molar-refractivity contribution in [3.63, 3.8) is 0 Å². The molecule has 1 saturated heterocycles. The van der Waals surface area contributed by atoms with Crippen LogP contribution in [-0.2, 0) is 23.9 Å². The molecular formula is C22H25N5O6. The monoisotopic (exact) mass is 455 g/mol. The van der Waals surface area contributed by atoms with Gasteiger partial charge < -0.3 is 24.8 Å². The number of nitrogens with two attached hydrogens (primary N) is 1. The average molecular weight is 455 g/mol. The zero-order valence-corrected chi connectivity index (χ0v) is 18.3. The molecule has 0 radical (unpaired) electrons. The van der Waals surface area contributed by atoms with E-state index >= 15 is 0 Å². The van der Waals surface area contributed by atoms with Crippen LogP contribution < -0.4 is 10.5 Å². The highest BCUT2D eigenvalue weighted by atomic mass is 16.5. The first-order chi connectivity index (χ1) is 15.8. The van der Waals surface area contributed by atoms with Crippen molar-refractivity contribution >= 4 is 23.7 Å². The van der Waals surface area contributed by atoms with Crippen LogP contribution in [-0.4, -0.2) is 72.5 Å². The minimum atomic E-state index is -0.644. The summed E-state index contributed by atoms with van der Waals surface area (Å²) in [7, 11) is 2.51. The van der Waals surface area contributed by atoms with Crippen LogP contribution >= 0.6 is 0 Å². The summed E-state index contributed by atoms with van der Waals surface area (Å²) in [5.41, 5.74) is 6.60. The number of hydrogen-bond donors (Lipinski definition) is 2. The smallest absolute Gasteiger partial charge is 0.325 e. The Morgan fingerprint density at radius 3 is 2.33 bits per heavy atom. The summed E-state index contributed by atoms with van der Waals surface area (Å²) in [6.07, 6.45) is 2.87. The number of rotatable bonds is 9. The number of amidine groups is 1. The molecule has 2 aromatic rings. The topological polar surface area (TPSA) is 158 Å². The maximum absolute atomic E-state index is 12.7. The lowest BCUT2D eigenvalue weighted by molar-refractivity contribution is -0.148. The minimum Gasteiger partial charge on any atom is -0.493 e. The van der Waals surface area contributed by atoms with Crippen molar-refractivity contribution in [1.29, 1.82) is 5.41 Å². The van der Waals surface area contributed by atoms with Crippen molar-refractivity contribution < 1.29 is 28.6 Å². The van der Waals surface area contributed by atoms with Crippen LogP contribution in [0.3, 0.4) is 0 Å². The number of ether oxygens (including phenoxy) is 3. The summed E-state index contributed by atoms with van der Waals surface area (Å²) < 4.78 is 15.2. The van der Waals surface area contributed by atoms with E-state index < -0.39 is 17.9 Å². The van der Waals surface area contributed by atoms with Gasteiger partial charge in [0.2, 0.25) is 5.91 Å². The molecule has 0 spiro atoms. The summed E-state index contributed by atoms with van der Waals surface area (Å²) in [6.45, 7) is 0.263. The highest BCUT2D eigenvalue weighted by molar-refractivity contribution is 5.94. The number of hydrogen-bond acceptors (Lipinski definition) is 9. The van der Waals surface area contributed by atoms with Crippen molar-refractivity contribution in [3.8, 4) is 17.1 Å². The Hall–Kier alpha value is -4.02. The van der Waals surface area contributed by atoms with E-state index in [0.717, 1.165) is 5.56 Å². The van der Waals surface area contributed by atoms with Gasteiger partial charge in [-0.3, -0.25) is 19.8 Å². The second-order valence-electron chi connectivity index (χ2n) is 7.49. The van der Waals surface area contributed by atoms with Gasteiger partial charge in [-0.15, -0.1) is 0 Å². The Morgan fingerprint density at radius 2 is 1.76 bits per heavy atom. The van der Waals surface area contributed by atoms with Gasteiger partial charge in [-0.2, -0.15) is 0 Å². The molecule has 2 atom stereocenters. The average Bonchev–Trinajstić information content (AvgIpc) is 3.11. The van der Waals surface area contributed by atoms with Crippen LogP contribution in [0.5, 0.6) is 5.75 Å². The second kappa shape index (κ2) is 10.5. The first-order valence-corrected chi connectivity index (χ1v) is 10.1. The van der Waals surface area contributed by atoms with E-state index in [0.29, 0.717) is 17.1 Å². The lowest BCUT2D eigenvalue weighted by Crippen LogP contribution is -2.33. The number of methoxy groups -OCH3 is 2. The lowest BCUT2D eigenvalue weighted by atomic mass is 9.93. The highest BCUT2D eigenvalue weighted by Gasteiger charge is 2.42. The zero-order valence-electron chi connectivity index (χ0n) is 18.3. The normalized spacial score (nSPS) is 17.5. The number of nitrogens with zero attached hydrogens (tertiary/aromatic N) is 3. The molecule has 0 saturated carbocycles. The number of esters is 2. The predicted molar refractivity (Wildman–Crippen MR) is 116 cm³/mol. The van der Waals surface area contributed by atoms with Crippen molar-refractivity contribution in [1.82, 2.24) is 14.9 Å². The predicted octanol–water partition coefficient (Wildman–Crippen LogP) is 0.617. The maximum Gasteiger partial charge on any atom is 0.325 e. The van der Waals surface area contributed by atoms with Crippen LogP contribution in [0.2, 0.25) is 0 Å². The summed E-state index contributed by atoms with van der Waals surface area (Å²) in [5, 5.41) is 7.39. The van der Waals surface area contributed by atoms with Crippen molar-refractivity contribution in [2.24, 2.45) is 17.6 Å². The first-order valence-electron chi connectivity index (χ1n) is 10.1. The molecule has 3 N–H and O–H groups in total. The third kappa shape index (κ3) is 5.82. The van der Waals surface area contributed by atoms with Gasteiger partial charge in [-0.1, -0.05) is 0 Å². The number of nitrogen functional groups attached to an aromatic ring is 1. The molecule has 3 rings (SSSR count). The summed E-state index contributed by atoms with van der Waals surface area (Å²) in [4.78, 5) is 45.9. The third-order valence-corrected chi connectivity index (χ3v) is 5.35. The van der Waals surface area contributed by atoms with Crippen LogP contribution in [0.1, 0.15) is 12.0 Å². The van der Waals surface area contributed by atoms with Gasteiger partial charge in [-0.25, -0.2) is 9.97 Å². The number of amides is 1. The Balaban J connectivity index is 1.66. The van der Waals surface area contributed by atoms with E-state index in [4.69, 9.17) is 20.6 Å². The largest absolute Gasteiger partial charge is 0.493 e. The standard InChI is InChI=1S/C22H25N5O6/c1-31-18(28)7-17-15(10-27(22(17)30)11-19(29)32-2)12-33-16-5-3-13(4-6-16)21-25-8-14(9-26-21)20(23)24/h3-6,8-9,15,17H,7,10-12H2,1-2H3,(H3,23,24)/t15-,17-/m0/s1. The Bertz CT molecular complexity index is 1020. The molecular weight excluding hydrogens is 430 g/mol. The molecule has 174 valence electrons. The summed E-state index contributed by atoms with van der Waals surface area (Å²) in [5.74, 6) is -1.35. The van der Waals surface area contributed by atoms with Crippen molar-refractivity contribution in [2.45, 2.75) is 6.42 Å². The van der Waals surface area contributed by atoms with E-state index in [1.807, 2.05) is 0 Å². The highest BCUT2D eigenvalue weighted by Crippen LogP contribution is 2.29. The van der Waals surface area contributed by atoms with Gasteiger partial charge in [0.05, 0.1) is 38.7 Å². The fourth-order valence-electron chi connectivity index (χ4n) is 3.50. The number of carbonyl (C=O) groups excluding carboxylic acids is 3. The van der Waals surface area contributed by atoms with E-state index in [2.05, 4.69) is 14.7 Å². The molecule has 1 amide bonds. The van der Waals surface area contributed by atoms with Crippen molar-refractivity contribution in [3.05, 3.63) is 42.2 Å². The fourth-order valence-corrected chi connectivity index (χ4v) is 3.50. The molecule has 0 unspecified atom stereocenters. The molecule has 2 heterocycles. The van der Waals surface area contributed by atoms with E-state index in [9.17, 15) is 14.4 Å². The third-order valence-electron chi connectivity index (χ3n) is 5.35. The summed E-state index contributed by atoms with van der Waals surface area (Å²) >= 11 is 0. The SMILES string of the molecule is COC(=O)C[C@@H]1C(=O)N(CC(=O)OC)C[C@H]1COc1ccc(-c2ncc(C(=N)N)cn2)cc1. The van der Waals surface area contributed by atoms with E-state index in [1.54, 1.807) is 24.3 Å². The van der Waals surface area contributed by atoms with Gasteiger partial charge in [0, 0.05) is 30.4 Å². The quantitative estimate of drug-likeness (QED) is 0.314. The molecule has 33 heavy (non-hydrogen) atoms. The number of aromatic nitrogens is 2. The molecule has 11 heteroatoms. The van der Waals surface area contributed by atoms with Gasteiger partial charge in [-0.05, 0) is 24.3 Å². The van der Waals surface area contributed by atoms with E-state index in [1.165, 1.54) is 31.5 Å². The van der Waals surface area contributed by atoms with E-state index in [-0.39, 0.29) is 43.8 Å². The molecule has 0 bridgehead atoms. The Kier molecular flexibility index (Phi) is 7.54. The molecule has 1 aromatic heterocycles. The second-order valence-corrected chi connectivity index (χ2v) is 7.49. The van der Waals surface area contributed by atoms with Gasteiger partial charge >= 0.3 is 11.9 Å². The molecule has 1 aliphatic heterocycles. The zero-order chi connectivity index (χ0) is 24.0. The Labute approximate surface area is 190 Å². The molecule has 1 fully saturated rings. The van der Waals surface area contributed by atoms with Gasteiger partial charge in [0.25, 0.3) is 0 Å². The minimum absolute atomic E-state index is 0.0897. The number of likely N-dealkylation sites (tertiary alicyclic amines) is 1. The molecule has 1 aromatic carbocycles. The van der Waals surface area contributed by atoms with Crippen LogP contribution in [0, 0.1) is 17.2 Å². The van der Waals surface area contributed by atoms with Crippen molar-refractivity contribution in [2.75, 3.05) is 33.9 Å². The first kappa shape index (κ1) is 23.6. The number of carbonyl (C=O) groups is 3. The molecule has 1 aliphatic rings.